The van der Waals surface area contributed by atoms with Gasteiger partial charge in [-0.3, -0.25) is 0 Å². The number of fused-ring (bicyclic) bond motifs is 1. The van der Waals surface area contributed by atoms with Crippen LogP contribution < -0.4 is 0 Å². The Balaban J connectivity index is 2.07. The van der Waals surface area contributed by atoms with Crippen molar-refractivity contribution in [2.75, 3.05) is 0 Å². The van der Waals surface area contributed by atoms with Gasteiger partial charge in [0.15, 0.2) is 4.73 Å². The van der Waals surface area contributed by atoms with Gasteiger partial charge in [-0.25, -0.2) is 4.98 Å². The fourth-order valence-corrected chi connectivity index (χ4v) is 3.74. The number of aromatic nitrogens is 2. The van der Waals surface area contributed by atoms with Crippen LogP contribution >= 0.6 is 39.1 Å². The summed E-state index contributed by atoms with van der Waals surface area (Å²) in [6.07, 6.45) is 0.492. The van der Waals surface area contributed by atoms with Gasteiger partial charge in [0.05, 0.1) is 33.3 Å². The van der Waals surface area contributed by atoms with Gasteiger partial charge in [-0.15, -0.1) is 0 Å². The molecule has 1 aromatic carbocycles. The zero-order chi connectivity index (χ0) is 14.4. The summed E-state index contributed by atoms with van der Waals surface area (Å²) in [5.74, 6) is 0. The molecule has 20 heavy (non-hydrogen) atoms. The van der Waals surface area contributed by atoms with E-state index in [1.54, 1.807) is 12.1 Å². The number of hydrogen-bond acceptors (Lipinski definition) is 3. The van der Waals surface area contributed by atoms with Crippen LogP contribution in [-0.2, 0) is 0 Å². The highest BCUT2D eigenvalue weighted by Gasteiger charge is 2.30. The molecule has 108 valence electrons. The molecule has 0 bridgehead atoms. The Labute approximate surface area is 134 Å². The predicted octanol–water partition coefficient (Wildman–Crippen LogP) is 3.55. The molecule has 0 amide bonds. The van der Waals surface area contributed by atoms with E-state index in [1.165, 1.54) is 0 Å². The van der Waals surface area contributed by atoms with Crippen molar-refractivity contribution in [3.05, 3.63) is 26.9 Å². The second-order valence-corrected chi connectivity index (χ2v) is 6.63. The van der Waals surface area contributed by atoms with Gasteiger partial charge in [-0.1, -0.05) is 23.2 Å². The highest BCUT2D eigenvalue weighted by molar-refractivity contribution is 9.10. The van der Waals surface area contributed by atoms with Crippen LogP contribution in [0.3, 0.4) is 0 Å². The molecule has 2 aromatic rings. The van der Waals surface area contributed by atoms with Crippen LogP contribution in [0.2, 0.25) is 10.0 Å². The largest absolute Gasteiger partial charge is 0.390 e. The van der Waals surface area contributed by atoms with Crippen molar-refractivity contribution < 1.29 is 10.2 Å². The SMILES string of the molecule is O[C@@H]1C[C@H](n2c(Br)nc3cc(Cl)c(Cl)cc32)CC[C@@H]1O. The lowest BCUT2D eigenvalue weighted by molar-refractivity contribution is -0.0227. The van der Waals surface area contributed by atoms with Crippen LogP contribution in [0.4, 0.5) is 0 Å². The molecule has 7 heteroatoms. The predicted molar refractivity (Wildman–Crippen MR) is 82.4 cm³/mol. The summed E-state index contributed by atoms with van der Waals surface area (Å²) in [6, 6.07) is 3.59. The standard InChI is InChI=1S/C13H13BrCl2N2O2/c14-13-17-9-4-7(15)8(16)5-10(9)18(13)6-1-2-11(19)12(20)3-6/h4-6,11-12,19-20H,1-3H2/t6-,11+,12-/m1/s1. The Morgan fingerprint density at radius 3 is 2.55 bits per heavy atom. The molecule has 1 saturated carbocycles. The van der Waals surface area contributed by atoms with Crippen LogP contribution in [-0.4, -0.2) is 32.0 Å². The molecular formula is C13H13BrCl2N2O2. The molecule has 0 spiro atoms. The van der Waals surface area contributed by atoms with Gasteiger partial charge >= 0.3 is 0 Å². The molecule has 3 rings (SSSR count). The van der Waals surface area contributed by atoms with E-state index in [0.29, 0.717) is 27.6 Å². The van der Waals surface area contributed by atoms with E-state index in [0.717, 1.165) is 17.5 Å². The van der Waals surface area contributed by atoms with E-state index in [9.17, 15) is 10.2 Å². The Morgan fingerprint density at radius 1 is 1.15 bits per heavy atom. The topological polar surface area (TPSA) is 58.3 Å². The van der Waals surface area contributed by atoms with Crippen molar-refractivity contribution in [3.63, 3.8) is 0 Å². The van der Waals surface area contributed by atoms with E-state index < -0.39 is 12.2 Å². The summed E-state index contributed by atoms with van der Waals surface area (Å²) in [5, 5.41) is 20.4. The van der Waals surface area contributed by atoms with Gasteiger partial charge in [-0.2, -0.15) is 0 Å². The third-order valence-corrected chi connectivity index (χ3v) is 5.09. The zero-order valence-electron chi connectivity index (χ0n) is 10.4. The second-order valence-electron chi connectivity index (χ2n) is 5.11. The summed E-state index contributed by atoms with van der Waals surface area (Å²) >= 11 is 15.5. The highest BCUT2D eigenvalue weighted by atomic mass is 79.9. The molecule has 3 atom stereocenters. The number of rotatable bonds is 1. The second kappa shape index (κ2) is 5.46. The normalized spacial score (nSPS) is 27.1. The summed E-state index contributed by atoms with van der Waals surface area (Å²) < 4.78 is 2.69. The third-order valence-electron chi connectivity index (χ3n) is 3.81. The van der Waals surface area contributed by atoms with Gasteiger partial charge in [0.2, 0.25) is 0 Å². The van der Waals surface area contributed by atoms with Crippen LogP contribution in [0.15, 0.2) is 16.9 Å². The molecule has 1 heterocycles. The summed E-state index contributed by atoms with van der Waals surface area (Å²) in [4.78, 5) is 4.43. The minimum absolute atomic E-state index is 0.0741. The van der Waals surface area contributed by atoms with Gasteiger partial charge in [0.1, 0.15) is 0 Å². The quantitative estimate of drug-likeness (QED) is 0.796. The Kier molecular flexibility index (Phi) is 3.99. The molecule has 0 aliphatic heterocycles. The Morgan fingerprint density at radius 2 is 1.85 bits per heavy atom. The van der Waals surface area contributed by atoms with Crippen molar-refractivity contribution in [3.8, 4) is 0 Å². The molecular weight excluding hydrogens is 367 g/mol. The number of imidazole rings is 1. The summed E-state index contributed by atoms with van der Waals surface area (Å²) in [7, 11) is 0. The average molecular weight is 380 g/mol. The molecule has 4 nitrogen and oxygen atoms in total. The Hall–Kier alpha value is -0.330. The fraction of sp³-hybridized carbons (Fsp3) is 0.462. The fourth-order valence-electron chi connectivity index (χ4n) is 2.75. The molecule has 2 N–H and O–H groups in total. The summed E-state index contributed by atoms with van der Waals surface area (Å²) in [5.41, 5.74) is 1.63. The smallest absolute Gasteiger partial charge is 0.178 e. The van der Waals surface area contributed by atoms with Crippen LogP contribution in [0.25, 0.3) is 11.0 Å². The number of aliphatic hydroxyl groups is 2. The monoisotopic (exact) mass is 378 g/mol. The lowest BCUT2D eigenvalue weighted by Crippen LogP contribution is -2.34. The van der Waals surface area contributed by atoms with E-state index in [2.05, 4.69) is 20.9 Å². The first-order chi connectivity index (χ1) is 9.47. The maximum atomic E-state index is 9.86. The molecule has 1 aliphatic rings. The first kappa shape index (κ1) is 14.6. The highest BCUT2D eigenvalue weighted by Crippen LogP contribution is 2.36. The van der Waals surface area contributed by atoms with Crippen molar-refractivity contribution in [2.45, 2.75) is 37.5 Å². The van der Waals surface area contributed by atoms with Crippen molar-refractivity contribution in [1.29, 1.82) is 0 Å². The van der Waals surface area contributed by atoms with Crippen LogP contribution in [0.5, 0.6) is 0 Å². The van der Waals surface area contributed by atoms with Crippen molar-refractivity contribution in [2.24, 2.45) is 0 Å². The number of hydrogen-bond donors (Lipinski definition) is 2. The summed E-state index contributed by atoms with van der Waals surface area (Å²) in [6.45, 7) is 0. The van der Waals surface area contributed by atoms with Gasteiger partial charge < -0.3 is 14.8 Å². The number of aliphatic hydroxyl groups excluding tert-OH is 2. The minimum atomic E-state index is -0.708. The molecule has 1 aromatic heterocycles. The lowest BCUT2D eigenvalue weighted by Gasteiger charge is -2.31. The number of halogens is 3. The zero-order valence-corrected chi connectivity index (χ0v) is 13.5. The molecule has 0 radical (unpaired) electrons. The van der Waals surface area contributed by atoms with Gasteiger partial charge in [0, 0.05) is 6.04 Å². The first-order valence-corrected chi connectivity index (χ1v) is 7.91. The van der Waals surface area contributed by atoms with Gasteiger partial charge in [-0.05, 0) is 47.3 Å². The minimum Gasteiger partial charge on any atom is -0.390 e. The van der Waals surface area contributed by atoms with Gasteiger partial charge in [0.25, 0.3) is 0 Å². The molecule has 0 unspecified atom stereocenters. The van der Waals surface area contributed by atoms with Crippen LogP contribution in [0, 0.1) is 0 Å². The van der Waals surface area contributed by atoms with Crippen molar-refractivity contribution in [1.82, 2.24) is 9.55 Å². The van der Waals surface area contributed by atoms with E-state index in [1.807, 2.05) is 4.57 Å². The van der Waals surface area contributed by atoms with Crippen molar-refractivity contribution >= 4 is 50.2 Å². The number of benzene rings is 1. The number of nitrogens with zero attached hydrogens (tertiary/aromatic N) is 2. The lowest BCUT2D eigenvalue weighted by atomic mass is 9.90. The maximum Gasteiger partial charge on any atom is 0.178 e. The average Bonchev–Trinajstić information content (AvgIpc) is 2.69. The molecule has 0 saturated heterocycles. The van der Waals surface area contributed by atoms with E-state index >= 15 is 0 Å². The van der Waals surface area contributed by atoms with E-state index in [4.69, 9.17) is 23.2 Å². The Bertz CT molecular complexity index is 661. The van der Waals surface area contributed by atoms with Crippen LogP contribution in [0.1, 0.15) is 25.3 Å². The molecule has 1 fully saturated rings. The first-order valence-electron chi connectivity index (χ1n) is 6.36. The molecule has 1 aliphatic carbocycles. The third kappa shape index (κ3) is 2.46. The van der Waals surface area contributed by atoms with E-state index in [-0.39, 0.29) is 6.04 Å². The maximum absolute atomic E-state index is 9.86.